The van der Waals surface area contributed by atoms with Crippen LogP contribution < -0.4 is 16.4 Å². The summed E-state index contributed by atoms with van der Waals surface area (Å²) in [6.07, 6.45) is 4.11. The molecule has 0 spiro atoms. The van der Waals surface area contributed by atoms with Gasteiger partial charge in [0.1, 0.15) is 16.9 Å². The van der Waals surface area contributed by atoms with Crippen molar-refractivity contribution < 1.29 is 19.1 Å². The Balaban J connectivity index is 1.08. The minimum Gasteiger partial charge on any atom is -0.465 e. The van der Waals surface area contributed by atoms with E-state index in [9.17, 15) is 14.4 Å². The van der Waals surface area contributed by atoms with E-state index in [0.717, 1.165) is 33.2 Å². The summed E-state index contributed by atoms with van der Waals surface area (Å²) in [5.74, 6) is 6.37. The van der Waals surface area contributed by atoms with Crippen LogP contribution >= 0.6 is 22.9 Å². The summed E-state index contributed by atoms with van der Waals surface area (Å²) in [6.45, 7) is 6.26. The molecule has 2 bridgehead atoms. The number of aromatic nitrogens is 3. The number of hydrogen-bond donors (Lipinski definition) is 3. The number of nitrogens with two attached hydrogens (primary N) is 1. The second-order valence-corrected chi connectivity index (χ2v) is 15.6. The van der Waals surface area contributed by atoms with Crippen molar-refractivity contribution in [3.63, 3.8) is 0 Å². The van der Waals surface area contributed by atoms with Gasteiger partial charge in [0.05, 0.1) is 31.4 Å². The summed E-state index contributed by atoms with van der Waals surface area (Å²) in [5.41, 5.74) is 9.79. The number of fused-ring (bicyclic) bond motifs is 6. The molecule has 3 aliphatic carbocycles. The third-order valence-corrected chi connectivity index (χ3v) is 12.3. The van der Waals surface area contributed by atoms with Crippen LogP contribution in [-0.4, -0.2) is 57.5 Å². The lowest BCUT2D eigenvalue weighted by Crippen LogP contribution is -2.59. The number of benzene rings is 2. The number of nitrogens with zero attached hydrogens (tertiary/aromatic N) is 4. The standard InChI is InChI=1S/C39H40ClN7O4S/c1-22-23(2)52-35-32(22)33(25-7-9-27(40)10-8-25)43-30(34-46-45-24(3)47(34)35)21-31(48)44-39-16-13-38(14-17-39,15-18-39)37(50)42-28-11-12-29(36(49)51-4)26(20-28)6-5-19-41/h7-12,20,30H,13-19,21,41H2,1-4H3,(H,42,50)(H,44,48)/t30-,38?,39?/m0/s1. The predicted molar refractivity (Wildman–Crippen MR) is 201 cm³/mol. The Kier molecular flexibility index (Phi) is 9.54. The van der Waals surface area contributed by atoms with Gasteiger partial charge in [0.15, 0.2) is 5.82 Å². The van der Waals surface area contributed by atoms with Gasteiger partial charge in [-0.05, 0) is 95.2 Å². The van der Waals surface area contributed by atoms with Crippen molar-refractivity contribution in [1.29, 1.82) is 0 Å². The Bertz CT molecular complexity index is 2170. The zero-order valence-electron chi connectivity index (χ0n) is 29.6. The molecule has 0 radical (unpaired) electrons. The molecule has 4 aromatic rings. The summed E-state index contributed by atoms with van der Waals surface area (Å²) in [4.78, 5) is 46.5. The summed E-state index contributed by atoms with van der Waals surface area (Å²) >= 11 is 7.93. The van der Waals surface area contributed by atoms with Crippen LogP contribution in [0.4, 0.5) is 5.69 Å². The van der Waals surface area contributed by atoms with Crippen LogP contribution in [0.2, 0.25) is 5.02 Å². The molecule has 4 aliphatic rings. The van der Waals surface area contributed by atoms with Crippen LogP contribution in [0.3, 0.4) is 0 Å². The van der Waals surface area contributed by atoms with E-state index in [-0.39, 0.29) is 24.8 Å². The molecule has 2 aromatic carbocycles. The van der Waals surface area contributed by atoms with E-state index in [1.54, 1.807) is 29.5 Å². The average molecular weight is 738 g/mol. The van der Waals surface area contributed by atoms with Gasteiger partial charge in [-0.15, -0.1) is 21.5 Å². The lowest BCUT2D eigenvalue weighted by molar-refractivity contribution is -0.134. The number of carbonyl (C=O) groups is 3. The number of methoxy groups -OCH3 is 1. The number of thiophene rings is 1. The summed E-state index contributed by atoms with van der Waals surface area (Å²) < 4.78 is 6.93. The van der Waals surface area contributed by atoms with Gasteiger partial charge in [-0.25, -0.2) is 4.79 Å². The van der Waals surface area contributed by atoms with E-state index in [2.05, 4.69) is 46.5 Å². The second kappa shape index (κ2) is 14.0. The number of esters is 1. The third kappa shape index (κ3) is 6.42. The lowest BCUT2D eigenvalue weighted by atomic mass is 9.57. The molecule has 52 heavy (non-hydrogen) atoms. The minimum absolute atomic E-state index is 0.0640. The Morgan fingerprint density at radius 3 is 2.42 bits per heavy atom. The highest BCUT2D eigenvalue weighted by Crippen LogP contribution is 2.53. The molecular formula is C39H40ClN7O4S. The van der Waals surface area contributed by atoms with Gasteiger partial charge in [-0.1, -0.05) is 35.6 Å². The Hall–Kier alpha value is -4.83. The first-order valence-electron chi connectivity index (χ1n) is 17.4. The van der Waals surface area contributed by atoms with Crippen LogP contribution in [0.1, 0.15) is 100 Å². The topological polar surface area (TPSA) is 154 Å². The van der Waals surface area contributed by atoms with Crippen molar-refractivity contribution in [2.45, 2.75) is 77.3 Å². The van der Waals surface area contributed by atoms with E-state index in [1.807, 2.05) is 35.8 Å². The fourth-order valence-corrected chi connectivity index (χ4v) is 9.13. The number of ether oxygens (including phenoxy) is 1. The zero-order chi connectivity index (χ0) is 36.8. The minimum atomic E-state index is -0.565. The first kappa shape index (κ1) is 35.6. The SMILES string of the molecule is COC(=O)c1ccc(NC(=O)C23CCC(NC(=O)C[C@@H]4N=C(c5ccc(Cl)cc5)c5c(sc(C)c5C)-n5c(C)nnc54)(CC2)CC3)cc1C#CCN. The highest BCUT2D eigenvalue weighted by Gasteiger charge is 2.53. The number of halogens is 1. The molecule has 4 N–H and O–H groups in total. The molecule has 3 saturated carbocycles. The Labute approximate surface area is 311 Å². The molecule has 1 aliphatic heterocycles. The fraction of sp³-hybridized carbons (Fsp3) is 0.385. The Morgan fingerprint density at radius 2 is 1.75 bits per heavy atom. The second-order valence-electron chi connectivity index (χ2n) is 13.9. The molecule has 13 heteroatoms. The number of hydrogen-bond acceptors (Lipinski definition) is 9. The largest absolute Gasteiger partial charge is 0.465 e. The molecule has 11 nitrogen and oxygen atoms in total. The van der Waals surface area contributed by atoms with Gasteiger partial charge in [-0.3, -0.25) is 19.1 Å². The quantitative estimate of drug-likeness (QED) is 0.152. The number of anilines is 1. The molecule has 8 rings (SSSR count). The lowest BCUT2D eigenvalue weighted by Gasteiger charge is -2.52. The van der Waals surface area contributed by atoms with Crippen LogP contribution in [0.25, 0.3) is 5.00 Å². The van der Waals surface area contributed by atoms with E-state index >= 15 is 0 Å². The van der Waals surface area contributed by atoms with Crippen molar-refractivity contribution in [2.24, 2.45) is 16.1 Å². The summed E-state index contributed by atoms with van der Waals surface area (Å²) in [7, 11) is 1.31. The first-order chi connectivity index (χ1) is 25.0. The molecule has 3 fully saturated rings. The summed E-state index contributed by atoms with van der Waals surface area (Å²) in [6, 6.07) is 12.0. The smallest absolute Gasteiger partial charge is 0.339 e. The van der Waals surface area contributed by atoms with Crippen molar-refractivity contribution >= 4 is 52.1 Å². The molecule has 0 unspecified atom stereocenters. The predicted octanol–water partition coefficient (Wildman–Crippen LogP) is 6.13. The number of aryl methyl sites for hydroxylation is 2. The highest BCUT2D eigenvalue weighted by molar-refractivity contribution is 7.15. The molecule has 2 aromatic heterocycles. The number of amides is 2. The number of aliphatic imine (C=N–C) groups is 1. The maximum atomic E-state index is 14.0. The Morgan fingerprint density at radius 1 is 1.04 bits per heavy atom. The molecule has 268 valence electrons. The van der Waals surface area contributed by atoms with Crippen LogP contribution in [0.15, 0.2) is 47.5 Å². The summed E-state index contributed by atoms with van der Waals surface area (Å²) in [5, 5.41) is 17.1. The van der Waals surface area contributed by atoms with E-state index < -0.39 is 23.0 Å². The van der Waals surface area contributed by atoms with Crippen LogP contribution in [0.5, 0.6) is 0 Å². The molecule has 3 heterocycles. The number of nitrogens with one attached hydrogen (secondary N) is 2. The van der Waals surface area contributed by atoms with Gasteiger partial charge >= 0.3 is 5.97 Å². The number of carbonyl (C=O) groups excluding carboxylic acids is 3. The molecule has 1 atom stereocenters. The van der Waals surface area contributed by atoms with Crippen LogP contribution in [-0.2, 0) is 14.3 Å². The van der Waals surface area contributed by atoms with Gasteiger partial charge < -0.3 is 21.1 Å². The normalized spacial score (nSPS) is 21.5. The van der Waals surface area contributed by atoms with Crippen molar-refractivity contribution in [2.75, 3.05) is 19.0 Å². The monoisotopic (exact) mass is 737 g/mol. The molecular weight excluding hydrogens is 698 g/mol. The maximum Gasteiger partial charge on any atom is 0.339 e. The van der Waals surface area contributed by atoms with Crippen molar-refractivity contribution in [1.82, 2.24) is 20.1 Å². The number of rotatable bonds is 7. The van der Waals surface area contributed by atoms with Crippen molar-refractivity contribution in [3.8, 4) is 16.8 Å². The van der Waals surface area contributed by atoms with Crippen LogP contribution in [0, 0.1) is 38.0 Å². The highest BCUT2D eigenvalue weighted by atomic mass is 35.5. The zero-order valence-corrected chi connectivity index (χ0v) is 31.1. The van der Waals surface area contributed by atoms with E-state index in [1.165, 1.54) is 12.0 Å². The average Bonchev–Trinajstić information content (AvgIpc) is 3.62. The fourth-order valence-electron chi connectivity index (χ4n) is 7.79. The molecule has 2 amide bonds. The van der Waals surface area contributed by atoms with Crippen molar-refractivity contribution in [3.05, 3.63) is 91.8 Å². The molecule has 0 saturated heterocycles. The third-order valence-electron chi connectivity index (χ3n) is 10.9. The van der Waals surface area contributed by atoms with Gasteiger partial charge in [-0.2, -0.15) is 0 Å². The van der Waals surface area contributed by atoms with Gasteiger partial charge in [0.25, 0.3) is 0 Å². The first-order valence-corrected chi connectivity index (χ1v) is 18.6. The maximum absolute atomic E-state index is 14.0. The van der Waals surface area contributed by atoms with Gasteiger partial charge in [0.2, 0.25) is 11.8 Å². The van der Waals surface area contributed by atoms with E-state index in [0.29, 0.717) is 66.2 Å². The van der Waals surface area contributed by atoms with E-state index in [4.69, 9.17) is 27.1 Å². The van der Waals surface area contributed by atoms with Gasteiger partial charge in [0, 0.05) is 43.2 Å².